The second-order valence-corrected chi connectivity index (χ2v) is 6.74. The van der Waals surface area contributed by atoms with E-state index in [1.807, 2.05) is 6.92 Å². The fourth-order valence-electron chi connectivity index (χ4n) is 2.91. The number of aryl methyl sites for hydroxylation is 1. The topological polar surface area (TPSA) is 58.6 Å². The molecule has 0 aromatic heterocycles. The summed E-state index contributed by atoms with van der Waals surface area (Å²) in [6.45, 7) is 3.19. The van der Waals surface area contributed by atoms with Gasteiger partial charge in [-0.3, -0.25) is 4.79 Å². The van der Waals surface area contributed by atoms with Crippen molar-refractivity contribution in [3.05, 3.63) is 65.2 Å². The smallest absolute Gasteiger partial charge is 0.416 e. The molecule has 0 saturated carbocycles. The Balaban J connectivity index is 0.00000450. The number of Topliss-reactive ketones (excluding diaryl/α,β-unsaturated/α-hetero) is 1. The summed E-state index contributed by atoms with van der Waals surface area (Å²) in [5, 5.41) is 13.0. The summed E-state index contributed by atoms with van der Waals surface area (Å²) >= 11 is 0. The monoisotopic (exact) mass is 445 g/mol. The molecule has 1 atom stereocenters. The zero-order valence-electron chi connectivity index (χ0n) is 16.7. The molecule has 0 radical (unpaired) electrons. The van der Waals surface area contributed by atoms with Gasteiger partial charge in [0.25, 0.3) is 0 Å². The summed E-state index contributed by atoms with van der Waals surface area (Å²) in [5.74, 6) is 0.00678. The highest BCUT2D eigenvalue weighted by atomic mass is 35.5. The van der Waals surface area contributed by atoms with Crippen molar-refractivity contribution in [3.8, 4) is 5.75 Å². The minimum atomic E-state index is -4.46. The predicted octanol–water partition coefficient (Wildman–Crippen LogP) is 4.68. The van der Waals surface area contributed by atoms with Crippen molar-refractivity contribution in [2.45, 2.75) is 38.5 Å². The number of nitrogens with one attached hydrogen (secondary N) is 1. The molecular formula is C22H27ClF3NO3. The molecule has 0 saturated heterocycles. The summed E-state index contributed by atoms with van der Waals surface area (Å²) in [5.41, 5.74) is -0.338. The van der Waals surface area contributed by atoms with E-state index in [1.165, 1.54) is 18.2 Å². The van der Waals surface area contributed by atoms with Gasteiger partial charge < -0.3 is 15.2 Å². The minimum Gasteiger partial charge on any atom is -0.490 e. The number of alkyl halides is 3. The number of benzene rings is 2. The number of aliphatic hydroxyl groups is 1. The molecule has 0 aliphatic heterocycles. The maximum absolute atomic E-state index is 13.1. The Labute approximate surface area is 180 Å². The van der Waals surface area contributed by atoms with Gasteiger partial charge in [0, 0.05) is 13.0 Å². The third-order valence-corrected chi connectivity index (χ3v) is 4.37. The maximum atomic E-state index is 13.1. The summed E-state index contributed by atoms with van der Waals surface area (Å²) in [4.78, 5) is 12.6. The van der Waals surface area contributed by atoms with E-state index < -0.39 is 17.8 Å². The largest absolute Gasteiger partial charge is 0.490 e. The average Bonchev–Trinajstić information content (AvgIpc) is 2.70. The van der Waals surface area contributed by atoms with Gasteiger partial charge in [-0.1, -0.05) is 37.3 Å². The van der Waals surface area contributed by atoms with E-state index in [0.717, 1.165) is 19.0 Å². The van der Waals surface area contributed by atoms with Gasteiger partial charge in [-0.05, 0) is 43.1 Å². The van der Waals surface area contributed by atoms with Gasteiger partial charge in [-0.15, -0.1) is 12.4 Å². The van der Waals surface area contributed by atoms with E-state index in [2.05, 4.69) is 5.32 Å². The van der Waals surface area contributed by atoms with E-state index in [1.54, 1.807) is 24.3 Å². The van der Waals surface area contributed by atoms with E-state index in [-0.39, 0.29) is 43.2 Å². The van der Waals surface area contributed by atoms with E-state index in [9.17, 15) is 23.1 Å². The molecule has 0 heterocycles. The lowest BCUT2D eigenvalue weighted by molar-refractivity contribution is -0.138. The highest BCUT2D eigenvalue weighted by molar-refractivity contribution is 5.98. The normalized spacial score (nSPS) is 12.2. The molecule has 30 heavy (non-hydrogen) atoms. The maximum Gasteiger partial charge on any atom is 0.416 e. The Morgan fingerprint density at radius 2 is 1.80 bits per heavy atom. The van der Waals surface area contributed by atoms with Crippen molar-refractivity contribution in [1.82, 2.24) is 5.32 Å². The van der Waals surface area contributed by atoms with Gasteiger partial charge in [0.2, 0.25) is 0 Å². The highest BCUT2D eigenvalue weighted by Crippen LogP contribution is 2.32. The van der Waals surface area contributed by atoms with Crippen LogP contribution in [0.15, 0.2) is 48.5 Å². The summed E-state index contributed by atoms with van der Waals surface area (Å²) in [6, 6.07) is 11.8. The van der Waals surface area contributed by atoms with Crippen molar-refractivity contribution in [1.29, 1.82) is 0 Å². The van der Waals surface area contributed by atoms with Gasteiger partial charge in [0.05, 0.1) is 11.1 Å². The van der Waals surface area contributed by atoms with Crippen LogP contribution in [0.3, 0.4) is 0 Å². The van der Waals surface area contributed by atoms with Crippen molar-refractivity contribution in [2.24, 2.45) is 0 Å². The molecule has 0 aliphatic carbocycles. The Hall–Kier alpha value is -2.09. The first-order valence-electron chi connectivity index (χ1n) is 9.61. The summed E-state index contributed by atoms with van der Waals surface area (Å²) in [7, 11) is 0. The molecule has 0 fully saturated rings. The lowest BCUT2D eigenvalue weighted by Gasteiger charge is -2.15. The second-order valence-electron chi connectivity index (χ2n) is 6.74. The first-order valence-corrected chi connectivity index (χ1v) is 9.61. The molecule has 0 amide bonds. The third-order valence-electron chi connectivity index (χ3n) is 4.37. The molecule has 0 bridgehead atoms. The SMILES string of the molecule is CCCNCC(O)COc1ccccc1C(=O)CCc1ccccc1C(F)(F)F.Cl. The number of ketones is 1. The van der Waals surface area contributed by atoms with E-state index >= 15 is 0 Å². The Bertz CT molecular complexity index is 799. The standard InChI is InChI=1S/C22H26F3NO3.ClH/c1-2-13-26-14-17(27)15-29-21-10-6-4-8-18(21)20(28)12-11-16-7-3-5-9-19(16)22(23,24)25;/h3-10,17,26-27H,2,11-15H2,1H3;1H. The summed E-state index contributed by atoms with van der Waals surface area (Å²) in [6.07, 6.45) is -4.34. The van der Waals surface area contributed by atoms with Crippen LogP contribution in [0.4, 0.5) is 13.2 Å². The highest BCUT2D eigenvalue weighted by Gasteiger charge is 2.32. The van der Waals surface area contributed by atoms with Gasteiger partial charge in [0.15, 0.2) is 5.78 Å². The minimum absolute atomic E-state index is 0. The van der Waals surface area contributed by atoms with Crippen LogP contribution in [0.2, 0.25) is 0 Å². The van der Waals surface area contributed by atoms with Crippen LogP contribution in [0.5, 0.6) is 5.75 Å². The number of ether oxygens (including phenoxy) is 1. The van der Waals surface area contributed by atoms with Crippen LogP contribution in [0, 0.1) is 0 Å². The number of para-hydroxylation sites is 1. The Kier molecular flexibility index (Phi) is 10.9. The fourth-order valence-corrected chi connectivity index (χ4v) is 2.91. The molecule has 0 aliphatic rings. The number of hydrogen-bond acceptors (Lipinski definition) is 4. The van der Waals surface area contributed by atoms with E-state index in [0.29, 0.717) is 17.9 Å². The van der Waals surface area contributed by atoms with Crippen LogP contribution < -0.4 is 10.1 Å². The number of halogens is 4. The van der Waals surface area contributed by atoms with Crippen molar-refractivity contribution in [2.75, 3.05) is 19.7 Å². The average molecular weight is 446 g/mol. The molecular weight excluding hydrogens is 419 g/mol. The number of rotatable bonds is 11. The molecule has 2 aromatic rings. The van der Waals surface area contributed by atoms with E-state index in [4.69, 9.17) is 4.74 Å². The molecule has 2 rings (SSSR count). The molecule has 4 nitrogen and oxygen atoms in total. The van der Waals surface area contributed by atoms with Crippen LogP contribution in [0.25, 0.3) is 0 Å². The number of aliphatic hydroxyl groups excluding tert-OH is 1. The molecule has 2 N–H and O–H groups in total. The van der Waals surface area contributed by atoms with Crippen molar-refractivity contribution < 1.29 is 27.8 Å². The third kappa shape index (κ3) is 7.97. The molecule has 0 spiro atoms. The molecule has 2 aromatic carbocycles. The number of carbonyl (C=O) groups is 1. The van der Waals surface area contributed by atoms with Crippen molar-refractivity contribution in [3.63, 3.8) is 0 Å². The van der Waals surface area contributed by atoms with Gasteiger partial charge >= 0.3 is 6.18 Å². The number of carbonyl (C=O) groups excluding carboxylic acids is 1. The zero-order chi connectivity index (χ0) is 21.3. The van der Waals surface area contributed by atoms with Crippen LogP contribution >= 0.6 is 12.4 Å². The molecule has 8 heteroatoms. The molecule has 1 unspecified atom stereocenters. The van der Waals surface area contributed by atoms with Crippen LogP contribution in [-0.2, 0) is 12.6 Å². The zero-order valence-corrected chi connectivity index (χ0v) is 17.6. The van der Waals surface area contributed by atoms with Gasteiger partial charge in [-0.25, -0.2) is 0 Å². The van der Waals surface area contributed by atoms with Gasteiger partial charge in [-0.2, -0.15) is 13.2 Å². The van der Waals surface area contributed by atoms with Crippen LogP contribution in [0.1, 0.15) is 41.3 Å². The van der Waals surface area contributed by atoms with Gasteiger partial charge in [0.1, 0.15) is 18.5 Å². The lowest BCUT2D eigenvalue weighted by Crippen LogP contribution is -2.32. The number of hydrogen-bond donors (Lipinski definition) is 2. The van der Waals surface area contributed by atoms with Crippen molar-refractivity contribution >= 4 is 18.2 Å². The summed E-state index contributed by atoms with van der Waals surface area (Å²) < 4.78 is 44.9. The predicted molar refractivity (Wildman–Crippen MR) is 112 cm³/mol. The fraction of sp³-hybridized carbons (Fsp3) is 0.409. The first-order chi connectivity index (χ1) is 13.8. The molecule has 166 valence electrons. The van der Waals surface area contributed by atoms with Crippen LogP contribution in [-0.4, -0.2) is 36.7 Å². The second kappa shape index (κ2) is 12.6. The Morgan fingerprint density at radius 3 is 2.50 bits per heavy atom. The Morgan fingerprint density at radius 1 is 1.13 bits per heavy atom. The first kappa shape index (κ1) is 25.9. The quantitative estimate of drug-likeness (QED) is 0.389. The lowest BCUT2D eigenvalue weighted by atomic mass is 9.98.